The summed E-state index contributed by atoms with van der Waals surface area (Å²) in [5, 5.41) is 2.53. The van der Waals surface area contributed by atoms with Crippen molar-refractivity contribution in [3.05, 3.63) is 152 Å². The lowest BCUT2D eigenvalue weighted by molar-refractivity contribution is 1.34. The molecule has 0 aliphatic heterocycles. The Morgan fingerprint density at radius 2 is 1.05 bits per heavy atom. The van der Waals surface area contributed by atoms with Crippen LogP contribution in [0.25, 0.3) is 87.8 Å². The molecule has 0 fully saturated rings. The zero-order valence-corrected chi connectivity index (χ0v) is 22.8. The number of rotatable bonds is 3. The highest BCUT2D eigenvalue weighted by Crippen LogP contribution is 2.46. The summed E-state index contributed by atoms with van der Waals surface area (Å²) in [4.78, 5) is 13.8. The van der Waals surface area contributed by atoms with E-state index < -0.39 is 78.3 Å². The first-order chi connectivity index (χ1) is 26.8. The van der Waals surface area contributed by atoms with Crippen molar-refractivity contribution in [1.82, 2.24) is 15.0 Å². The molecule has 6 aromatic carbocycles. The Kier molecular flexibility index (Phi) is 3.46. The maximum Gasteiger partial charge on any atom is 0.0972 e. The van der Waals surface area contributed by atoms with Gasteiger partial charge in [-0.3, -0.25) is 9.97 Å². The van der Waals surface area contributed by atoms with Crippen LogP contribution < -0.4 is 0 Å². The van der Waals surface area contributed by atoms with Crippen molar-refractivity contribution in [3.8, 4) is 33.6 Å². The Labute approximate surface area is 271 Å². The molecule has 0 bridgehead atoms. The standard InChI is InChI=1S/C41H25N3/c1-2-12-29-28(11-1)30(36-23-20-27-19-18-26-10-9-25-43-40(26)41(27)44-36)21-22-35(29)38-31-13-3-5-15-33(31)39(37-17-7-8-24-42-37)34-16-6-4-14-32(34)38/h1-25H/i3D,4D,5D,6D,7D,8D,13D,14D,15D,16D,17D,24D. The van der Waals surface area contributed by atoms with Gasteiger partial charge in [0.2, 0.25) is 0 Å². The molecule has 0 amide bonds. The molecule has 0 saturated heterocycles. The van der Waals surface area contributed by atoms with Gasteiger partial charge in [-0.1, -0.05) is 115 Å². The average Bonchev–Trinajstić information content (AvgIpc) is 3.22. The number of aromatic nitrogens is 3. The molecule has 0 atom stereocenters. The molecule has 0 aliphatic carbocycles. The van der Waals surface area contributed by atoms with E-state index in [9.17, 15) is 5.48 Å². The van der Waals surface area contributed by atoms with Crippen molar-refractivity contribution >= 4 is 54.1 Å². The highest BCUT2D eigenvalue weighted by Gasteiger charge is 2.19. The molecule has 9 aromatic rings. The smallest absolute Gasteiger partial charge is 0.0972 e. The Bertz CT molecular complexity index is 3160. The largest absolute Gasteiger partial charge is 0.256 e. The molecule has 0 unspecified atom stereocenters. The summed E-state index contributed by atoms with van der Waals surface area (Å²) < 4.78 is 106. The number of hydrogen-bond acceptors (Lipinski definition) is 3. The Morgan fingerprint density at radius 1 is 0.432 bits per heavy atom. The third kappa shape index (κ3) is 3.73. The van der Waals surface area contributed by atoms with E-state index in [1.165, 1.54) is 0 Å². The van der Waals surface area contributed by atoms with Gasteiger partial charge in [-0.2, -0.15) is 0 Å². The van der Waals surface area contributed by atoms with Crippen LogP contribution in [0.1, 0.15) is 16.4 Å². The van der Waals surface area contributed by atoms with Gasteiger partial charge in [0.1, 0.15) is 0 Å². The molecule has 0 spiro atoms. The van der Waals surface area contributed by atoms with E-state index in [0.717, 1.165) is 21.9 Å². The molecule has 204 valence electrons. The number of benzene rings is 6. The van der Waals surface area contributed by atoms with Gasteiger partial charge in [-0.15, -0.1) is 0 Å². The van der Waals surface area contributed by atoms with E-state index in [1.54, 1.807) is 18.3 Å². The molecule has 3 aromatic heterocycles. The summed E-state index contributed by atoms with van der Waals surface area (Å²) in [5.41, 5.74) is 2.64. The lowest BCUT2D eigenvalue weighted by Crippen LogP contribution is -1.94. The van der Waals surface area contributed by atoms with E-state index >= 15 is 0 Å². The van der Waals surface area contributed by atoms with Crippen LogP contribution in [0.3, 0.4) is 0 Å². The maximum absolute atomic E-state index is 9.30. The number of fused-ring (bicyclic) bond motifs is 6. The second-order valence-electron chi connectivity index (χ2n) is 10.3. The third-order valence-corrected chi connectivity index (χ3v) is 7.98. The number of pyridine rings is 3. The topological polar surface area (TPSA) is 38.7 Å². The number of nitrogens with zero attached hydrogens (tertiary/aromatic N) is 3. The van der Waals surface area contributed by atoms with Crippen LogP contribution in [0.15, 0.2) is 152 Å². The summed E-state index contributed by atoms with van der Waals surface area (Å²) in [7, 11) is 0. The zero-order chi connectivity index (χ0) is 39.5. The van der Waals surface area contributed by atoms with Gasteiger partial charge in [-0.25, -0.2) is 4.98 Å². The summed E-state index contributed by atoms with van der Waals surface area (Å²) in [6.45, 7) is 0. The lowest BCUT2D eigenvalue weighted by Gasteiger charge is -2.19. The Morgan fingerprint density at radius 3 is 1.80 bits per heavy atom. The molecule has 0 N–H and O–H groups in total. The van der Waals surface area contributed by atoms with E-state index in [2.05, 4.69) is 9.97 Å². The molecule has 3 heteroatoms. The minimum absolute atomic E-state index is 0.1000. The van der Waals surface area contributed by atoms with Gasteiger partial charge in [-0.05, 0) is 67.7 Å². The first-order valence-electron chi connectivity index (χ1n) is 19.9. The van der Waals surface area contributed by atoms with E-state index in [4.69, 9.17) is 16.0 Å². The molecule has 9 rings (SSSR count). The maximum atomic E-state index is 9.30. The van der Waals surface area contributed by atoms with E-state index in [1.807, 2.05) is 60.7 Å². The van der Waals surface area contributed by atoms with Crippen molar-refractivity contribution < 1.29 is 16.4 Å². The molecule has 0 radical (unpaired) electrons. The minimum Gasteiger partial charge on any atom is -0.256 e. The van der Waals surface area contributed by atoms with Crippen LogP contribution in [0.5, 0.6) is 0 Å². The third-order valence-electron chi connectivity index (χ3n) is 7.98. The summed E-state index contributed by atoms with van der Waals surface area (Å²) in [5.74, 6) is 0. The molecule has 3 nitrogen and oxygen atoms in total. The summed E-state index contributed by atoms with van der Waals surface area (Å²) in [6, 6.07) is 16.0. The van der Waals surface area contributed by atoms with Gasteiger partial charge in [0.15, 0.2) is 0 Å². The predicted octanol–water partition coefficient (Wildman–Crippen LogP) is 10.6. The monoisotopic (exact) mass is 571 g/mol. The van der Waals surface area contributed by atoms with Crippen molar-refractivity contribution in [2.45, 2.75) is 0 Å². The van der Waals surface area contributed by atoms with Crippen LogP contribution in [0.2, 0.25) is 0 Å². The van der Waals surface area contributed by atoms with Gasteiger partial charge < -0.3 is 0 Å². The van der Waals surface area contributed by atoms with Crippen molar-refractivity contribution in [3.63, 3.8) is 0 Å². The Balaban J connectivity index is 1.48. The molecular formula is C41H25N3. The highest BCUT2D eigenvalue weighted by molar-refractivity contribution is 6.23. The van der Waals surface area contributed by atoms with Crippen LogP contribution in [-0.4, -0.2) is 15.0 Å². The predicted molar refractivity (Wildman–Crippen MR) is 184 cm³/mol. The molecule has 44 heavy (non-hydrogen) atoms. The fourth-order valence-corrected chi connectivity index (χ4v) is 6.09. The molecule has 3 heterocycles. The normalized spacial score (nSPS) is 15.5. The number of hydrogen-bond donors (Lipinski definition) is 0. The van der Waals surface area contributed by atoms with E-state index in [-0.39, 0.29) is 32.7 Å². The zero-order valence-electron chi connectivity index (χ0n) is 34.8. The van der Waals surface area contributed by atoms with Crippen molar-refractivity contribution in [1.29, 1.82) is 0 Å². The first-order valence-corrected chi connectivity index (χ1v) is 13.9. The molecule has 0 saturated carbocycles. The summed E-state index contributed by atoms with van der Waals surface area (Å²) in [6.07, 6.45) is 1.04. The molecule has 0 aliphatic rings. The second kappa shape index (κ2) is 9.82. The highest BCUT2D eigenvalue weighted by atomic mass is 14.8. The van der Waals surface area contributed by atoms with Gasteiger partial charge in [0.25, 0.3) is 0 Å². The molecular weight excluding hydrogens is 534 g/mol. The van der Waals surface area contributed by atoms with Crippen LogP contribution in [-0.2, 0) is 0 Å². The summed E-state index contributed by atoms with van der Waals surface area (Å²) >= 11 is 0. The van der Waals surface area contributed by atoms with Gasteiger partial charge >= 0.3 is 0 Å². The van der Waals surface area contributed by atoms with Gasteiger partial charge in [0.05, 0.1) is 38.9 Å². The minimum atomic E-state index is -0.680. The SMILES string of the molecule is [2H]c1nc(-c2c3c([2H])c([2H])c([2H])c([2H])c3c(-c3ccc(-c4ccc5ccc6cccnc6c5n4)c4ccccc34)c3c([2H])c([2H])c([2H])c([2H])c23)c([2H])c([2H])c1[2H]. The quantitative estimate of drug-likeness (QED) is 0.156. The fourth-order valence-electron chi connectivity index (χ4n) is 6.09. The van der Waals surface area contributed by atoms with Crippen molar-refractivity contribution in [2.75, 3.05) is 0 Å². The van der Waals surface area contributed by atoms with E-state index in [0.29, 0.717) is 27.5 Å². The first kappa shape index (κ1) is 15.5. The van der Waals surface area contributed by atoms with Crippen LogP contribution in [0, 0.1) is 0 Å². The fraction of sp³-hybridized carbons (Fsp3) is 0. The van der Waals surface area contributed by atoms with Crippen LogP contribution >= 0.6 is 0 Å². The average molecular weight is 572 g/mol. The Hall–Kier alpha value is -5.93. The lowest BCUT2D eigenvalue weighted by atomic mass is 9.85. The van der Waals surface area contributed by atoms with Crippen molar-refractivity contribution in [2.24, 2.45) is 0 Å². The second-order valence-corrected chi connectivity index (χ2v) is 10.3. The van der Waals surface area contributed by atoms with Gasteiger partial charge in [0, 0.05) is 34.3 Å². The van der Waals surface area contributed by atoms with Crippen LogP contribution in [0.4, 0.5) is 0 Å².